The topological polar surface area (TPSA) is 95.9 Å². The molecule has 0 bridgehead atoms. The largest absolute Gasteiger partial charge is 0.478 e. The van der Waals surface area contributed by atoms with E-state index in [0.29, 0.717) is 24.3 Å². The molecule has 0 radical (unpaired) electrons. The van der Waals surface area contributed by atoms with E-state index in [9.17, 15) is 28.3 Å². The maximum atomic E-state index is 14.1. The summed E-state index contributed by atoms with van der Waals surface area (Å²) in [6.45, 7) is 5.31. The van der Waals surface area contributed by atoms with Crippen molar-refractivity contribution in [3.63, 3.8) is 0 Å². The first-order valence-corrected chi connectivity index (χ1v) is 11.5. The number of halogens is 2. The molecular formula is C26H32F2N2O5. The highest BCUT2D eigenvalue weighted by atomic mass is 19.1. The molecule has 2 amide bonds. The molecule has 0 aliphatic heterocycles. The van der Waals surface area contributed by atoms with Gasteiger partial charge in [-0.2, -0.15) is 0 Å². The van der Waals surface area contributed by atoms with Crippen molar-refractivity contribution >= 4 is 17.8 Å². The summed E-state index contributed by atoms with van der Waals surface area (Å²) in [5.41, 5.74) is -0.225. The average Bonchev–Trinajstić information content (AvgIpc) is 2.79. The first kappa shape index (κ1) is 27.8. The third-order valence-corrected chi connectivity index (χ3v) is 5.77. The Morgan fingerprint density at radius 3 is 2.43 bits per heavy atom. The van der Waals surface area contributed by atoms with Gasteiger partial charge in [0, 0.05) is 39.0 Å². The zero-order chi connectivity index (χ0) is 26.0. The monoisotopic (exact) mass is 490 g/mol. The molecule has 190 valence electrons. The number of aliphatic carboxylic acids is 1. The fourth-order valence-corrected chi connectivity index (χ4v) is 3.40. The minimum Gasteiger partial charge on any atom is -0.478 e. The number of benzene rings is 2. The van der Waals surface area contributed by atoms with E-state index in [-0.39, 0.29) is 44.2 Å². The van der Waals surface area contributed by atoms with Crippen molar-refractivity contribution in [3.05, 3.63) is 65.2 Å². The lowest BCUT2D eigenvalue weighted by molar-refractivity contribution is -0.154. The number of carboxylic acid groups (broad SMARTS) is 1. The Kier molecular flexibility index (Phi) is 10.2. The van der Waals surface area contributed by atoms with Gasteiger partial charge < -0.3 is 20.1 Å². The lowest BCUT2D eigenvalue weighted by Gasteiger charge is -2.25. The maximum absolute atomic E-state index is 14.1. The van der Waals surface area contributed by atoms with Gasteiger partial charge in [-0.3, -0.25) is 9.59 Å². The SMILES string of the molecule is CCC(C)(Oc1cccc(CCN(CCc2ccc(F)cc2F)C(=O)CCNC(C)=O)c1)C(=O)O. The van der Waals surface area contributed by atoms with Crippen molar-refractivity contribution in [1.82, 2.24) is 10.2 Å². The predicted molar refractivity (Wildman–Crippen MR) is 127 cm³/mol. The molecule has 1 atom stereocenters. The van der Waals surface area contributed by atoms with E-state index < -0.39 is 23.2 Å². The minimum absolute atomic E-state index is 0.0854. The highest BCUT2D eigenvalue weighted by Crippen LogP contribution is 2.23. The summed E-state index contributed by atoms with van der Waals surface area (Å²) in [4.78, 5) is 37.0. The van der Waals surface area contributed by atoms with Gasteiger partial charge in [-0.1, -0.05) is 25.1 Å². The lowest BCUT2D eigenvalue weighted by Crippen LogP contribution is -2.40. The molecule has 0 heterocycles. The van der Waals surface area contributed by atoms with E-state index in [2.05, 4.69) is 5.32 Å². The van der Waals surface area contributed by atoms with Crippen molar-refractivity contribution in [2.45, 2.75) is 52.1 Å². The normalized spacial score (nSPS) is 12.5. The molecule has 2 rings (SSSR count). The summed E-state index contributed by atoms with van der Waals surface area (Å²) in [5, 5.41) is 12.0. The summed E-state index contributed by atoms with van der Waals surface area (Å²) in [7, 11) is 0. The number of hydrogen-bond donors (Lipinski definition) is 2. The zero-order valence-corrected chi connectivity index (χ0v) is 20.3. The Bertz CT molecular complexity index is 1050. The highest BCUT2D eigenvalue weighted by Gasteiger charge is 2.33. The van der Waals surface area contributed by atoms with Crippen LogP contribution < -0.4 is 10.1 Å². The number of hydrogen-bond acceptors (Lipinski definition) is 4. The smallest absolute Gasteiger partial charge is 0.347 e. The molecule has 35 heavy (non-hydrogen) atoms. The summed E-state index contributed by atoms with van der Waals surface area (Å²) in [5.74, 6) is -2.44. The molecule has 0 aliphatic rings. The second kappa shape index (κ2) is 12.8. The zero-order valence-electron chi connectivity index (χ0n) is 20.3. The van der Waals surface area contributed by atoms with Crippen molar-refractivity contribution in [2.24, 2.45) is 0 Å². The number of rotatable bonds is 13. The Morgan fingerprint density at radius 2 is 1.80 bits per heavy atom. The van der Waals surface area contributed by atoms with E-state index in [4.69, 9.17) is 4.74 Å². The number of carbonyl (C=O) groups is 3. The molecule has 7 nitrogen and oxygen atoms in total. The van der Waals surface area contributed by atoms with Crippen LogP contribution in [-0.4, -0.2) is 53.0 Å². The van der Waals surface area contributed by atoms with E-state index in [1.54, 1.807) is 30.0 Å². The van der Waals surface area contributed by atoms with Crippen LogP contribution in [0.5, 0.6) is 5.75 Å². The number of amides is 2. The van der Waals surface area contributed by atoms with E-state index in [1.807, 2.05) is 6.07 Å². The molecular weight excluding hydrogens is 458 g/mol. The third kappa shape index (κ3) is 8.66. The fourth-order valence-electron chi connectivity index (χ4n) is 3.40. The van der Waals surface area contributed by atoms with Crippen LogP contribution in [0.2, 0.25) is 0 Å². The van der Waals surface area contributed by atoms with Crippen LogP contribution in [0.4, 0.5) is 8.78 Å². The molecule has 0 fully saturated rings. The Balaban J connectivity index is 2.10. The standard InChI is InChI=1S/C26H32F2N2O5/c1-4-26(3,25(33)34)35-22-7-5-6-19(16-22)11-14-30(24(32)10-13-29-18(2)31)15-12-20-8-9-21(27)17-23(20)28/h5-9,16-17H,4,10-15H2,1-3H3,(H,29,31)(H,33,34). The Hall–Kier alpha value is -3.49. The number of carboxylic acids is 1. The molecule has 0 saturated heterocycles. The van der Waals surface area contributed by atoms with Gasteiger partial charge in [-0.15, -0.1) is 0 Å². The number of ether oxygens (including phenoxy) is 1. The van der Waals surface area contributed by atoms with Gasteiger partial charge >= 0.3 is 5.97 Å². The van der Waals surface area contributed by atoms with Crippen LogP contribution in [0, 0.1) is 11.6 Å². The van der Waals surface area contributed by atoms with E-state index in [0.717, 1.165) is 11.6 Å². The molecule has 2 aromatic rings. The fraction of sp³-hybridized carbons (Fsp3) is 0.423. The number of nitrogens with zero attached hydrogens (tertiary/aromatic N) is 1. The first-order chi connectivity index (χ1) is 16.5. The van der Waals surface area contributed by atoms with Crippen molar-refractivity contribution in [3.8, 4) is 5.75 Å². The van der Waals surface area contributed by atoms with Crippen LogP contribution in [-0.2, 0) is 27.2 Å². The third-order valence-electron chi connectivity index (χ3n) is 5.77. The molecule has 0 aromatic heterocycles. The lowest BCUT2D eigenvalue weighted by atomic mass is 10.0. The van der Waals surface area contributed by atoms with Crippen molar-refractivity contribution < 1.29 is 33.0 Å². The van der Waals surface area contributed by atoms with E-state index in [1.165, 1.54) is 26.0 Å². The van der Waals surface area contributed by atoms with Gasteiger partial charge in [0.25, 0.3) is 0 Å². The van der Waals surface area contributed by atoms with Crippen molar-refractivity contribution in [1.29, 1.82) is 0 Å². The van der Waals surface area contributed by atoms with Crippen LogP contribution in [0.1, 0.15) is 44.7 Å². The van der Waals surface area contributed by atoms with Gasteiger partial charge in [0.1, 0.15) is 17.4 Å². The highest BCUT2D eigenvalue weighted by molar-refractivity contribution is 5.78. The Labute approximate surface area is 204 Å². The average molecular weight is 491 g/mol. The predicted octanol–water partition coefficient (Wildman–Crippen LogP) is 3.74. The summed E-state index contributed by atoms with van der Waals surface area (Å²) in [6, 6.07) is 10.3. The molecule has 2 aromatic carbocycles. The minimum atomic E-state index is -1.36. The summed E-state index contributed by atoms with van der Waals surface area (Å²) in [6.07, 6.45) is 1.02. The molecule has 0 saturated carbocycles. The molecule has 1 unspecified atom stereocenters. The maximum Gasteiger partial charge on any atom is 0.347 e. The number of carbonyl (C=O) groups excluding carboxylic acids is 2. The molecule has 2 N–H and O–H groups in total. The molecule has 0 aliphatic carbocycles. The first-order valence-electron chi connectivity index (χ1n) is 11.5. The molecule has 0 spiro atoms. The van der Waals surface area contributed by atoms with Crippen LogP contribution in [0.3, 0.4) is 0 Å². The van der Waals surface area contributed by atoms with Gasteiger partial charge in [0.15, 0.2) is 0 Å². The summed E-state index contributed by atoms with van der Waals surface area (Å²) >= 11 is 0. The Morgan fingerprint density at radius 1 is 1.09 bits per heavy atom. The van der Waals surface area contributed by atoms with Crippen molar-refractivity contribution in [2.75, 3.05) is 19.6 Å². The van der Waals surface area contributed by atoms with Gasteiger partial charge in [-0.05, 0) is 55.5 Å². The van der Waals surface area contributed by atoms with E-state index >= 15 is 0 Å². The second-order valence-corrected chi connectivity index (χ2v) is 8.49. The van der Waals surface area contributed by atoms with Crippen LogP contribution in [0.25, 0.3) is 0 Å². The van der Waals surface area contributed by atoms with Gasteiger partial charge in [0.05, 0.1) is 0 Å². The van der Waals surface area contributed by atoms with Gasteiger partial charge in [0.2, 0.25) is 17.4 Å². The van der Waals surface area contributed by atoms with Crippen LogP contribution >= 0.6 is 0 Å². The summed E-state index contributed by atoms with van der Waals surface area (Å²) < 4.78 is 33.0. The van der Waals surface area contributed by atoms with Crippen LogP contribution in [0.15, 0.2) is 42.5 Å². The molecule has 9 heteroatoms. The number of nitrogens with one attached hydrogen (secondary N) is 1. The second-order valence-electron chi connectivity index (χ2n) is 8.49. The quantitative estimate of drug-likeness (QED) is 0.446. The van der Waals surface area contributed by atoms with Gasteiger partial charge in [-0.25, -0.2) is 13.6 Å².